The van der Waals surface area contributed by atoms with Gasteiger partial charge in [0.05, 0.1) is 30.8 Å². The van der Waals surface area contributed by atoms with E-state index in [-0.39, 0.29) is 24.6 Å². The zero-order valence-corrected chi connectivity index (χ0v) is 18.8. The summed E-state index contributed by atoms with van der Waals surface area (Å²) in [6.45, 7) is 0.277. The van der Waals surface area contributed by atoms with Crippen molar-refractivity contribution in [1.82, 2.24) is 5.32 Å². The summed E-state index contributed by atoms with van der Waals surface area (Å²) >= 11 is 0. The molecule has 3 aromatic carbocycles. The van der Waals surface area contributed by atoms with Crippen LogP contribution in [-0.4, -0.2) is 47.2 Å². The van der Waals surface area contributed by atoms with Gasteiger partial charge >= 0.3 is 0 Å². The van der Waals surface area contributed by atoms with Crippen LogP contribution in [0.15, 0.2) is 83.8 Å². The zero-order valence-electron chi connectivity index (χ0n) is 18.0. The Balaban J connectivity index is 1.45. The molecule has 0 spiro atoms. The van der Waals surface area contributed by atoms with E-state index >= 15 is 0 Å². The first-order valence-corrected chi connectivity index (χ1v) is 11.8. The molecule has 33 heavy (non-hydrogen) atoms. The molecule has 0 unspecified atom stereocenters. The van der Waals surface area contributed by atoms with Crippen molar-refractivity contribution in [3.05, 3.63) is 78.9 Å². The van der Waals surface area contributed by atoms with Gasteiger partial charge in [0.2, 0.25) is 0 Å². The summed E-state index contributed by atoms with van der Waals surface area (Å²) < 4.78 is 44.6. The molecular formula is C24H24N2O6S. The molecule has 0 saturated carbocycles. The molecule has 0 aliphatic carbocycles. The van der Waals surface area contributed by atoms with E-state index in [1.54, 1.807) is 61.7 Å². The molecule has 0 radical (unpaired) electrons. The monoisotopic (exact) mass is 468 g/mol. The summed E-state index contributed by atoms with van der Waals surface area (Å²) in [5.74, 6) is 1.06. The highest BCUT2D eigenvalue weighted by Crippen LogP contribution is 2.36. The molecule has 3 aromatic rings. The van der Waals surface area contributed by atoms with Crippen molar-refractivity contribution in [2.45, 2.75) is 11.0 Å². The molecule has 172 valence electrons. The number of benzene rings is 3. The number of fused-ring (bicyclic) bond motifs is 1. The Bertz CT molecular complexity index is 1220. The van der Waals surface area contributed by atoms with Crippen molar-refractivity contribution in [1.29, 1.82) is 0 Å². The predicted octanol–water partition coefficient (Wildman–Crippen LogP) is 2.85. The lowest BCUT2D eigenvalue weighted by molar-refractivity contribution is -0.127. The minimum absolute atomic E-state index is 0.145. The first kappa shape index (κ1) is 22.5. The van der Waals surface area contributed by atoms with E-state index in [9.17, 15) is 13.2 Å². The fourth-order valence-corrected chi connectivity index (χ4v) is 4.97. The highest BCUT2D eigenvalue weighted by molar-refractivity contribution is 7.92. The van der Waals surface area contributed by atoms with E-state index in [0.717, 1.165) is 0 Å². The van der Waals surface area contributed by atoms with Crippen LogP contribution in [0.4, 0.5) is 5.69 Å². The van der Waals surface area contributed by atoms with Crippen LogP contribution in [0, 0.1) is 0 Å². The Hall–Kier alpha value is -3.72. The van der Waals surface area contributed by atoms with Crippen LogP contribution >= 0.6 is 0 Å². The van der Waals surface area contributed by atoms with Gasteiger partial charge in [-0.1, -0.05) is 42.5 Å². The van der Waals surface area contributed by atoms with E-state index < -0.39 is 22.0 Å². The van der Waals surface area contributed by atoms with Gasteiger partial charge in [-0.3, -0.25) is 9.10 Å². The first-order chi connectivity index (χ1) is 16.0. The second kappa shape index (κ2) is 9.83. The first-order valence-electron chi connectivity index (χ1n) is 10.4. The molecule has 0 fully saturated rings. The molecule has 0 saturated heterocycles. The quantitative estimate of drug-likeness (QED) is 0.511. The fraction of sp³-hybridized carbons (Fsp3) is 0.208. The molecule has 1 aliphatic rings. The number of sulfonamides is 1. The van der Waals surface area contributed by atoms with Crippen molar-refractivity contribution in [3.63, 3.8) is 0 Å². The number of hydrogen-bond donors (Lipinski definition) is 1. The molecule has 1 heterocycles. The molecule has 1 aliphatic heterocycles. The summed E-state index contributed by atoms with van der Waals surface area (Å²) in [7, 11) is -2.32. The Morgan fingerprint density at radius 2 is 1.67 bits per heavy atom. The van der Waals surface area contributed by atoms with Gasteiger partial charge in [0, 0.05) is 0 Å². The minimum atomic E-state index is -3.88. The van der Waals surface area contributed by atoms with Crippen LogP contribution in [0.1, 0.15) is 0 Å². The van der Waals surface area contributed by atoms with Gasteiger partial charge in [-0.25, -0.2) is 8.42 Å². The zero-order chi connectivity index (χ0) is 23.3. The third kappa shape index (κ3) is 4.88. The second-order valence-electron chi connectivity index (χ2n) is 7.21. The lowest BCUT2D eigenvalue weighted by atomic mass is 10.2. The molecule has 9 heteroatoms. The maximum atomic E-state index is 13.3. The number of carbonyl (C=O) groups is 1. The number of hydrogen-bond acceptors (Lipinski definition) is 6. The van der Waals surface area contributed by atoms with E-state index in [1.165, 1.54) is 16.4 Å². The van der Waals surface area contributed by atoms with Crippen LogP contribution < -0.4 is 23.8 Å². The number of amides is 1. The van der Waals surface area contributed by atoms with Crippen LogP contribution in [0.25, 0.3) is 0 Å². The van der Waals surface area contributed by atoms with Gasteiger partial charge in [0.15, 0.2) is 17.6 Å². The average Bonchev–Trinajstić information content (AvgIpc) is 2.86. The van der Waals surface area contributed by atoms with Gasteiger partial charge in [0.25, 0.3) is 15.9 Å². The highest BCUT2D eigenvalue weighted by Gasteiger charge is 2.37. The number of carbonyl (C=O) groups excluding carboxylic acids is 1. The van der Waals surface area contributed by atoms with Gasteiger partial charge in [-0.05, 0) is 36.4 Å². The molecule has 0 bridgehead atoms. The third-order valence-corrected chi connectivity index (χ3v) is 6.88. The smallest absolute Gasteiger partial charge is 0.264 e. The van der Waals surface area contributed by atoms with Crippen LogP contribution in [0.2, 0.25) is 0 Å². The largest absolute Gasteiger partial charge is 0.493 e. The van der Waals surface area contributed by atoms with Crippen LogP contribution in [-0.2, 0) is 14.8 Å². The van der Waals surface area contributed by atoms with Gasteiger partial charge in [-0.2, -0.15) is 0 Å². The summed E-state index contributed by atoms with van der Waals surface area (Å²) in [4.78, 5) is 13.0. The Labute approximate surface area is 192 Å². The molecular weight excluding hydrogens is 444 g/mol. The Morgan fingerprint density at radius 3 is 2.42 bits per heavy atom. The second-order valence-corrected chi connectivity index (χ2v) is 9.08. The molecule has 1 atom stereocenters. The maximum Gasteiger partial charge on any atom is 0.264 e. The summed E-state index contributed by atoms with van der Waals surface area (Å²) in [6.07, 6.45) is -1.01. The van der Waals surface area contributed by atoms with Crippen molar-refractivity contribution >= 4 is 21.6 Å². The van der Waals surface area contributed by atoms with Gasteiger partial charge in [0.1, 0.15) is 12.4 Å². The van der Waals surface area contributed by atoms with Crippen molar-refractivity contribution < 1.29 is 27.4 Å². The van der Waals surface area contributed by atoms with Crippen LogP contribution in [0.5, 0.6) is 17.2 Å². The lowest BCUT2D eigenvalue weighted by Crippen LogP contribution is -2.51. The molecule has 1 N–H and O–H groups in total. The maximum absolute atomic E-state index is 13.3. The highest BCUT2D eigenvalue weighted by atomic mass is 32.2. The van der Waals surface area contributed by atoms with Gasteiger partial charge in [-0.15, -0.1) is 0 Å². The Morgan fingerprint density at radius 1 is 1.00 bits per heavy atom. The molecule has 0 aromatic heterocycles. The normalized spacial score (nSPS) is 15.2. The summed E-state index contributed by atoms with van der Waals surface area (Å²) in [5.41, 5.74) is 0.393. The lowest BCUT2D eigenvalue weighted by Gasteiger charge is -2.34. The summed E-state index contributed by atoms with van der Waals surface area (Å²) in [5, 5.41) is 2.75. The number of nitrogens with one attached hydrogen (secondary N) is 1. The van der Waals surface area contributed by atoms with E-state index in [1.807, 2.05) is 12.1 Å². The minimum Gasteiger partial charge on any atom is -0.493 e. The number of methoxy groups -OCH3 is 1. The fourth-order valence-electron chi connectivity index (χ4n) is 3.47. The molecule has 1 amide bonds. The number of para-hydroxylation sites is 4. The number of ether oxygens (including phenoxy) is 3. The number of anilines is 1. The van der Waals surface area contributed by atoms with E-state index in [2.05, 4.69) is 5.32 Å². The van der Waals surface area contributed by atoms with Crippen molar-refractivity contribution in [3.8, 4) is 17.2 Å². The van der Waals surface area contributed by atoms with Gasteiger partial charge < -0.3 is 19.5 Å². The van der Waals surface area contributed by atoms with E-state index in [0.29, 0.717) is 22.9 Å². The molecule has 4 rings (SSSR count). The number of rotatable bonds is 8. The number of nitrogens with zero attached hydrogens (tertiary/aromatic N) is 1. The standard InChI is InChI=1S/C24H24N2O6S/c1-30-21-13-7-8-14-22(21)31-16-15-25-24(27)23-17-26(19-11-5-6-12-20(19)32-23)33(28,29)18-9-3-2-4-10-18/h2-14,23H,15-17H2,1H3,(H,25,27)/t23-/m1/s1. The Kier molecular flexibility index (Phi) is 6.69. The van der Waals surface area contributed by atoms with Crippen molar-refractivity contribution in [2.24, 2.45) is 0 Å². The van der Waals surface area contributed by atoms with Crippen LogP contribution in [0.3, 0.4) is 0 Å². The van der Waals surface area contributed by atoms with Crippen molar-refractivity contribution in [2.75, 3.05) is 31.1 Å². The van der Waals surface area contributed by atoms with E-state index in [4.69, 9.17) is 14.2 Å². The topological polar surface area (TPSA) is 94.2 Å². The summed E-state index contributed by atoms with van der Waals surface area (Å²) in [6, 6.07) is 22.1. The molecule has 8 nitrogen and oxygen atoms in total. The SMILES string of the molecule is COc1ccccc1OCCNC(=O)[C@H]1CN(S(=O)(=O)c2ccccc2)c2ccccc2O1. The predicted molar refractivity (Wildman–Crippen MR) is 123 cm³/mol. The third-order valence-electron chi connectivity index (χ3n) is 5.09. The average molecular weight is 469 g/mol.